The van der Waals surface area contributed by atoms with E-state index in [9.17, 15) is 35.9 Å². The number of hydrogen-bond donors (Lipinski definition) is 5. The number of halogens is 6. The molecule has 17 heteroatoms. The third-order valence-corrected chi connectivity index (χ3v) is 7.87. The number of carbonyl (C=O) groups is 4. The van der Waals surface area contributed by atoms with E-state index in [1.165, 1.54) is 16.7 Å². The quantitative estimate of drug-likeness (QED) is 0.223. The first-order valence-electron chi connectivity index (χ1n) is 15.1. The molecule has 2 aliphatic rings. The molecule has 2 aliphatic heterocycles. The summed E-state index contributed by atoms with van der Waals surface area (Å²) >= 11 is 0. The number of pyridine rings is 1. The highest BCUT2D eigenvalue weighted by Gasteiger charge is 2.42. The van der Waals surface area contributed by atoms with E-state index in [1.807, 2.05) is 19.1 Å². The largest absolute Gasteiger partial charge is 0.490 e. The van der Waals surface area contributed by atoms with Gasteiger partial charge in [-0.2, -0.15) is 26.3 Å². The molecule has 50 heavy (non-hydrogen) atoms. The summed E-state index contributed by atoms with van der Waals surface area (Å²) in [4.78, 5) is 49.7. The number of carboxylic acid groups (broad SMARTS) is 2. The Kier molecular flexibility index (Phi) is 13.3. The Bertz CT molecular complexity index is 1610. The number of benzene rings is 2. The lowest BCUT2D eigenvalue weighted by atomic mass is 9.94. The second-order valence-electron chi connectivity index (χ2n) is 11.5. The molecule has 0 spiro atoms. The standard InChI is InChI=1S/C29H33N5O2.2C2HF3O2/c1-19-24(11-12-27(30)33-19)18-32-28(35)26-13-14-34(26)29(36)25-16-21(17-31-25)15-20-7-9-23(10-8-20)22-5-3-2-4-6-22;2*3-2(4,5)1(6)7/h2-12,21,25-26,31H,13-18H2,1H3,(H2,30,33)(H,32,35);2*(H,6,7)/t21-,25+,26-;;/m0../s1. The zero-order valence-corrected chi connectivity index (χ0v) is 26.6. The van der Waals surface area contributed by atoms with Crippen molar-refractivity contribution in [1.29, 1.82) is 0 Å². The molecule has 270 valence electrons. The minimum Gasteiger partial charge on any atom is -0.475 e. The van der Waals surface area contributed by atoms with Gasteiger partial charge in [0.1, 0.15) is 11.9 Å². The number of anilines is 1. The maximum absolute atomic E-state index is 13.2. The van der Waals surface area contributed by atoms with Crippen LogP contribution in [0.25, 0.3) is 11.1 Å². The first-order chi connectivity index (χ1) is 23.4. The van der Waals surface area contributed by atoms with E-state index in [-0.39, 0.29) is 17.9 Å². The number of alkyl halides is 6. The minimum atomic E-state index is -5.08. The van der Waals surface area contributed by atoms with Crippen molar-refractivity contribution in [3.63, 3.8) is 0 Å². The van der Waals surface area contributed by atoms with Crippen LogP contribution in [0.3, 0.4) is 0 Å². The van der Waals surface area contributed by atoms with Crippen molar-refractivity contribution in [3.05, 3.63) is 83.6 Å². The number of carboxylic acids is 2. The van der Waals surface area contributed by atoms with Crippen LogP contribution in [0, 0.1) is 12.8 Å². The normalized spacial score (nSPS) is 18.4. The smallest absolute Gasteiger partial charge is 0.475 e. The first-order valence-corrected chi connectivity index (χ1v) is 15.1. The van der Waals surface area contributed by atoms with Gasteiger partial charge in [0.05, 0.1) is 6.04 Å². The van der Waals surface area contributed by atoms with Crippen LogP contribution in [0.15, 0.2) is 66.7 Å². The Morgan fingerprint density at radius 1 is 0.900 bits per heavy atom. The monoisotopic (exact) mass is 711 g/mol. The second kappa shape index (κ2) is 17.0. The Balaban J connectivity index is 0.000000408. The lowest BCUT2D eigenvalue weighted by molar-refractivity contribution is -0.193. The third kappa shape index (κ3) is 11.5. The lowest BCUT2D eigenvalue weighted by Gasteiger charge is -2.41. The molecule has 1 aromatic heterocycles. The Hall–Kier alpha value is -5.19. The highest BCUT2D eigenvalue weighted by Crippen LogP contribution is 2.26. The van der Waals surface area contributed by atoms with Crippen LogP contribution < -0.4 is 16.4 Å². The molecule has 3 heterocycles. The number of likely N-dealkylation sites (tertiary alicyclic amines) is 1. The predicted molar refractivity (Wildman–Crippen MR) is 168 cm³/mol. The summed E-state index contributed by atoms with van der Waals surface area (Å²) in [7, 11) is 0. The fraction of sp³-hybridized carbons (Fsp3) is 0.364. The Labute approximate surface area is 282 Å². The van der Waals surface area contributed by atoms with E-state index in [2.05, 4.69) is 64.1 Å². The summed E-state index contributed by atoms with van der Waals surface area (Å²) in [5.41, 5.74) is 11.1. The zero-order chi connectivity index (χ0) is 37.2. The summed E-state index contributed by atoms with van der Waals surface area (Å²) in [6, 6.07) is 22.1. The summed E-state index contributed by atoms with van der Waals surface area (Å²) in [5.74, 6) is -4.73. The van der Waals surface area contributed by atoms with Crippen LogP contribution in [0.1, 0.15) is 29.7 Å². The number of nitrogens with one attached hydrogen (secondary N) is 2. The van der Waals surface area contributed by atoms with Crippen LogP contribution in [0.4, 0.5) is 32.2 Å². The number of nitrogen functional groups attached to an aromatic ring is 1. The van der Waals surface area contributed by atoms with E-state index in [1.54, 1.807) is 11.0 Å². The van der Waals surface area contributed by atoms with Crippen LogP contribution in [-0.4, -0.2) is 81.4 Å². The molecule has 0 unspecified atom stereocenters. The zero-order valence-electron chi connectivity index (χ0n) is 26.6. The number of amides is 2. The van der Waals surface area contributed by atoms with E-state index >= 15 is 0 Å². The topological polar surface area (TPSA) is 175 Å². The molecule has 0 radical (unpaired) electrons. The number of nitrogens with zero attached hydrogens (tertiary/aromatic N) is 2. The van der Waals surface area contributed by atoms with Crippen molar-refractivity contribution in [2.75, 3.05) is 18.8 Å². The van der Waals surface area contributed by atoms with Gasteiger partial charge in [0.2, 0.25) is 11.8 Å². The van der Waals surface area contributed by atoms with Gasteiger partial charge in [-0.25, -0.2) is 14.6 Å². The fourth-order valence-corrected chi connectivity index (χ4v) is 5.17. The van der Waals surface area contributed by atoms with Crippen molar-refractivity contribution in [2.24, 2.45) is 5.92 Å². The highest BCUT2D eigenvalue weighted by atomic mass is 19.4. The molecule has 2 amide bonds. The molecule has 6 N–H and O–H groups in total. The maximum Gasteiger partial charge on any atom is 0.490 e. The van der Waals surface area contributed by atoms with Gasteiger partial charge < -0.3 is 31.5 Å². The fourth-order valence-electron chi connectivity index (χ4n) is 5.17. The minimum absolute atomic E-state index is 0.0358. The SMILES string of the molecule is Cc1nc(N)ccc1CNC(=O)[C@@H]1CCN1C(=O)[C@H]1C[C@H](Cc2ccc(-c3ccccc3)cc2)CN1.O=C(O)C(F)(F)F.O=C(O)C(F)(F)F. The Morgan fingerprint density at radius 2 is 1.46 bits per heavy atom. The highest BCUT2D eigenvalue weighted by molar-refractivity contribution is 5.91. The van der Waals surface area contributed by atoms with Gasteiger partial charge in [0.15, 0.2) is 0 Å². The molecular weight excluding hydrogens is 676 g/mol. The molecule has 5 rings (SSSR count). The maximum atomic E-state index is 13.2. The summed E-state index contributed by atoms with van der Waals surface area (Å²) < 4.78 is 63.5. The van der Waals surface area contributed by atoms with E-state index in [4.69, 9.17) is 25.5 Å². The van der Waals surface area contributed by atoms with E-state index in [0.717, 1.165) is 30.6 Å². The average Bonchev–Trinajstić information content (AvgIpc) is 3.49. The summed E-state index contributed by atoms with van der Waals surface area (Å²) in [6.45, 7) is 3.69. The van der Waals surface area contributed by atoms with Gasteiger partial charge in [-0.05, 0) is 67.0 Å². The number of aryl methyl sites for hydroxylation is 1. The van der Waals surface area contributed by atoms with Crippen LogP contribution in [-0.2, 0) is 32.1 Å². The molecule has 0 bridgehead atoms. The van der Waals surface area contributed by atoms with E-state index < -0.39 is 30.3 Å². The molecule has 11 nitrogen and oxygen atoms in total. The van der Waals surface area contributed by atoms with Gasteiger partial charge in [0.25, 0.3) is 0 Å². The molecule has 0 aliphatic carbocycles. The molecular formula is C33H35F6N5O6. The molecule has 0 saturated carbocycles. The van der Waals surface area contributed by atoms with Gasteiger partial charge in [-0.1, -0.05) is 60.7 Å². The molecule has 3 aromatic rings. The molecule has 2 fully saturated rings. The van der Waals surface area contributed by atoms with Gasteiger partial charge in [0, 0.05) is 18.8 Å². The van der Waals surface area contributed by atoms with Crippen molar-refractivity contribution in [3.8, 4) is 11.1 Å². The number of hydrogen-bond acceptors (Lipinski definition) is 7. The number of rotatable bonds is 7. The molecule has 2 aromatic carbocycles. The number of nitrogens with two attached hydrogens (primary N) is 1. The summed E-state index contributed by atoms with van der Waals surface area (Å²) in [6.07, 6.45) is -7.74. The van der Waals surface area contributed by atoms with E-state index in [0.29, 0.717) is 31.2 Å². The molecule has 3 atom stereocenters. The number of aliphatic carboxylic acids is 2. The van der Waals surface area contributed by atoms with Gasteiger partial charge in [-0.3, -0.25) is 9.59 Å². The van der Waals surface area contributed by atoms with Crippen molar-refractivity contribution >= 4 is 29.6 Å². The van der Waals surface area contributed by atoms with Crippen molar-refractivity contribution in [1.82, 2.24) is 20.5 Å². The Morgan fingerprint density at radius 3 is 1.96 bits per heavy atom. The van der Waals surface area contributed by atoms with Crippen molar-refractivity contribution in [2.45, 2.75) is 57.2 Å². The number of aromatic nitrogens is 1. The van der Waals surface area contributed by atoms with Crippen LogP contribution in [0.5, 0.6) is 0 Å². The first kappa shape index (κ1) is 39.3. The third-order valence-electron chi connectivity index (χ3n) is 7.87. The number of carbonyl (C=O) groups excluding carboxylic acids is 2. The average molecular weight is 712 g/mol. The van der Waals surface area contributed by atoms with Crippen LogP contribution in [0.2, 0.25) is 0 Å². The van der Waals surface area contributed by atoms with Gasteiger partial charge in [-0.15, -0.1) is 0 Å². The van der Waals surface area contributed by atoms with Gasteiger partial charge >= 0.3 is 24.3 Å². The van der Waals surface area contributed by atoms with Crippen LogP contribution >= 0.6 is 0 Å². The molecule has 2 saturated heterocycles. The second-order valence-corrected chi connectivity index (χ2v) is 11.5. The summed E-state index contributed by atoms with van der Waals surface area (Å²) in [5, 5.41) is 20.6. The predicted octanol–water partition coefficient (Wildman–Crippen LogP) is 4.34. The lowest BCUT2D eigenvalue weighted by Crippen LogP contribution is -2.61. The van der Waals surface area contributed by atoms with Crippen molar-refractivity contribution < 1.29 is 55.7 Å².